The zero-order valence-electron chi connectivity index (χ0n) is 12.4. The Morgan fingerprint density at radius 3 is 2.86 bits per heavy atom. The quantitative estimate of drug-likeness (QED) is 0.876. The third-order valence-electron chi connectivity index (χ3n) is 4.07. The molecule has 0 radical (unpaired) electrons. The second-order valence-electron chi connectivity index (χ2n) is 5.75. The molecule has 5 nitrogen and oxygen atoms in total. The molecule has 2 atom stereocenters. The maximum Gasteiger partial charge on any atom is 0.241 e. The van der Waals surface area contributed by atoms with Gasteiger partial charge in [0.25, 0.3) is 0 Å². The lowest BCUT2D eigenvalue weighted by atomic mass is 9.92. The Bertz CT molecular complexity index is 518. The van der Waals surface area contributed by atoms with Gasteiger partial charge < -0.3 is 20.1 Å². The van der Waals surface area contributed by atoms with Gasteiger partial charge in [-0.05, 0) is 37.4 Å². The molecule has 2 N–H and O–H groups in total. The molecular weight excluding hydrogens is 268 g/mol. The fraction of sp³-hybridized carbons (Fsp3) is 0.562. The first kappa shape index (κ1) is 14.2. The van der Waals surface area contributed by atoms with Gasteiger partial charge in [-0.3, -0.25) is 4.79 Å². The Morgan fingerprint density at radius 1 is 1.24 bits per heavy atom. The SMILES string of the molecule is CC1CCCNC1C(=O)Nc1ccc2c(c1)OCCCO2. The van der Waals surface area contributed by atoms with Crippen LogP contribution < -0.4 is 20.1 Å². The summed E-state index contributed by atoms with van der Waals surface area (Å²) in [5.74, 6) is 1.83. The van der Waals surface area contributed by atoms with Crippen LogP contribution in [0.4, 0.5) is 5.69 Å². The number of piperidine rings is 1. The van der Waals surface area contributed by atoms with Crippen LogP contribution >= 0.6 is 0 Å². The van der Waals surface area contributed by atoms with Gasteiger partial charge in [-0.1, -0.05) is 6.92 Å². The average Bonchev–Trinajstić information content (AvgIpc) is 2.72. The van der Waals surface area contributed by atoms with Gasteiger partial charge in [0, 0.05) is 18.2 Å². The first-order chi connectivity index (χ1) is 10.2. The van der Waals surface area contributed by atoms with E-state index in [1.54, 1.807) is 0 Å². The zero-order chi connectivity index (χ0) is 14.7. The zero-order valence-corrected chi connectivity index (χ0v) is 12.4. The van der Waals surface area contributed by atoms with E-state index in [4.69, 9.17) is 9.47 Å². The van der Waals surface area contributed by atoms with Gasteiger partial charge in [0.2, 0.25) is 5.91 Å². The van der Waals surface area contributed by atoms with Crippen molar-refractivity contribution in [2.75, 3.05) is 25.1 Å². The van der Waals surface area contributed by atoms with Gasteiger partial charge in [0.1, 0.15) is 0 Å². The molecule has 1 saturated heterocycles. The van der Waals surface area contributed by atoms with Crippen LogP contribution in [-0.2, 0) is 4.79 Å². The Labute approximate surface area is 125 Å². The van der Waals surface area contributed by atoms with Gasteiger partial charge in [-0.25, -0.2) is 0 Å². The standard InChI is InChI=1S/C16H22N2O3/c1-11-4-2-7-17-15(11)16(19)18-12-5-6-13-14(10-12)21-9-3-8-20-13/h5-6,10-11,15,17H,2-4,7-9H2,1H3,(H,18,19). The predicted octanol–water partition coefficient (Wildman–Crippen LogP) is 2.17. The monoisotopic (exact) mass is 290 g/mol. The molecule has 1 fully saturated rings. The van der Waals surface area contributed by atoms with E-state index in [0.29, 0.717) is 24.9 Å². The van der Waals surface area contributed by atoms with Crippen molar-refractivity contribution in [2.24, 2.45) is 5.92 Å². The summed E-state index contributed by atoms with van der Waals surface area (Å²) in [6.07, 6.45) is 3.10. The number of ether oxygens (including phenoxy) is 2. The summed E-state index contributed by atoms with van der Waals surface area (Å²) < 4.78 is 11.2. The highest BCUT2D eigenvalue weighted by atomic mass is 16.5. The summed E-state index contributed by atoms with van der Waals surface area (Å²) >= 11 is 0. The van der Waals surface area contributed by atoms with E-state index in [2.05, 4.69) is 17.6 Å². The molecule has 2 heterocycles. The van der Waals surface area contributed by atoms with Crippen molar-refractivity contribution < 1.29 is 14.3 Å². The van der Waals surface area contributed by atoms with Crippen LogP contribution in [0.25, 0.3) is 0 Å². The van der Waals surface area contributed by atoms with Crippen molar-refractivity contribution in [3.63, 3.8) is 0 Å². The van der Waals surface area contributed by atoms with E-state index < -0.39 is 0 Å². The maximum absolute atomic E-state index is 12.4. The van der Waals surface area contributed by atoms with Gasteiger partial charge in [0.05, 0.1) is 19.3 Å². The normalized spacial score (nSPS) is 25.0. The lowest BCUT2D eigenvalue weighted by Crippen LogP contribution is -2.48. The molecule has 0 saturated carbocycles. The minimum atomic E-state index is -0.116. The molecule has 2 aliphatic heterocycles. The lowest BCUT2D eigenvalue weighted by molar-refractivity contribution is -0.119. The van der Waals surface area contributed by atoms with Crippen molar-refractivity contribution in [2.45, 2.75) is 32.2 Å². The molecule has 0 aliphatic carbocycles. The summed E-state index contributed by atoms with van der Waals surface area (Å²) in [6.45, 7) is 4.34. The number of rotatable bonds is 2. The summed E-state index contributed by atoms with van der Waals surface area (Å²) in [7, 11) is 0. The summed E-state index contributed by atoms with van der Waals surface area (Å²) in [4.78, 5) is 12.4. The van der Waals surface area contributed by atoms with Crippen LogP contribution in [0.1, 0.15) is 26.2 Å². The maximum atomic E-state index is 12.4. The Kier molecular flexibility index (Phi) is 4.29. The van der Waals surface area contributed by atoms with E-state index in [-0.39, 0.29) is 11.9 Å². The second-order valence-corrected chi connectivity index (χ2v) is 5.75. The molecule has 5 heteroatoms. The van der Waals surface area contributed by atoms with Gasteiger partial charge in [-0.2, -0.15) is 0 Å². The first-order valence-electron chi connectivity index (χ1n) is 7.68. The first-order valence-corrected chi connectivity index (χ1v) is 7.68. The number of hydrogen-bond acceptors (Lipinski definition) is 4. The molecule has 0 spiro atoms. The molecule has 0 bridgehead atoms. The number of anilines is 1. The van der Waals surface area contributed by atoms with E-state index in [0.717, 1.165) is 37.2 Å². The van der Waals surface area contributed by atoms with Gasteiger partial charge in [0.15, 0.2) is 11.5 Å². The minimum Gasteiger partial charge on any atom is -0.490 e. The number of carbonyl (C=O) groups is 1. The molecule has 0 aromatic heterocycles. The molecule has 3 rings (SSSR count). The van der Waals surface area contributed by atoms with Crippen LogP contribution in [-0.4, -0.2) is 31.7 Å². The summed E-state index contributed by atoms with van der Waals surface area (Å²) in [5, 5.41) is 6.27. The van der Waals surface area contributed by atoms with E-state index in [1.807, 2.05) is 18.2 Å². The fourth-order valence-electron chi connectivity index (χ4n) is 2.86. The Morgan fingerprint density at radius 2 is 2.05 bits per heavy atom. The van der Waals surface area contributed by atoms with Crippen molar-refractivity contribution in [3.8, 4) is 11.5 Å². The third-order valence-corrected chi connectivity index (χ3v) is 4.07. The molecule has 1 amide bonds. The fourth-order valence-corrected chi connectivity index (χ4v) is 2.86. The van der Waals surface area contributed by atoms with E-state index >= 15 is 0 Å². The second kappa shape index (κ2) is 6.35. The van der Waals surface area contributed by atoms with E-state index in [1.165, 1.54) is 0 Å². The van der Waals surface area contributed by atoms with Crippen molar-refractivity contribution in [3.05, 3.63) is 18.2 Å². The largest absolute Gasteiger partial charge is 0.490 e. The number of benzene rings is 1. The summed E-state index contributed by atoms with van der Waals surface area (Å²) in [6, 6.07) is 5.44. The minimum absolute atomic E-state index is 0.0247. The highest BCUT2D eigenvalue weighted by Crippen LogP contribution is 2.32. The average molecular weight is 290 g/mol. The Hall–Kier alpha value is -1.75. The van der Waals surface area contributed by atoms with Crippen LogP contribution in [0.15, 0.2) is 18.2 Å². The number of nitrogens with one attached hydrogen (secondary N) is 2. The molecular formula is C16H22N2O3. The lowest BCUT2D eigenvalue weighted by Gasteiger charge is -2.29. The summed E-state index contributed by atoms with van der Waals surface area (Å²) in [5.41, 5.74) is 0.754. The van der Waals surface area contributed by atoms with E-state index in [9.17, 15) is 4.79 Å². The topological polar surface area (TPSA) is 59.6 Å². The van der Waals surface area contributed by atoms with Crippen LogP contribution in [0.5, 0.6) is 11.5 Å². The third kappa shape index (κ3) is 3.29. The molecule has 21 heavy (non-hydrogen) atoms. The van der Waals surface area contributed by atoms with Crippen LogP contribution in [0.3, 0.4) is 0 Å². The number of fused-ring (bicyclic) bond motifs is 1. The van der Waals surface area contributed by atoms with Crippen molar-refractivity contribution >= 4 is 11.6 Å². The molecule has 2 unspecified atom stereocenters. The number of carbonyl (C=O) groups excluding carboxylic acids is 1. The van der Waals surface area contributed by atoms with Crippen molar-refractivity contribution in [1.29, 1.82) is 0 Å². The highest BCUT2D eigenvalue weighted by Gasteiger charge is 2.27. The highest BCUT2D eigenvalue weighted by molar-refractivity contribution is 5.95. The van der Waals surface area contributed by atoms with Crippen LogP contribution in [0, 0.1) is 5.92 Å². The van der Waals surface area contributed by atoms with Gasteiger partial charge >= 0.3 is 0 Å². The Balaban J connectivity index is 1.69. The molecule has 2 aliphatic rings. The smallest absolute Gasteiger partial charge is 0.241 e. The predicted molar refractivity (Wildman–Crippen MR) is 80.9 cm³/mol. The van der Waals surface area contributed by atoms with Crippen molar-refractivity contribution in [1.82, 2.24) is 5.32 Å². The molecule has 114 valence electrons. The molecule has 1 aromatic carbocycles. The van der Waals surface area contributed by atoms with Crippen LogP contribution in [0.2, 0.25) is 0 Å². The molecule has 1 aromatic rings. The van der Waals surface area contributed by atoms with Gasteiger partial charge in [-0.15, -0.1) is 0 Å². The number of amides is 1. The number of hydrogen-bond donors (Lipinski definition) is 2.